The zero-order valence-corrected chi connectivity index (χ0v) is 25.9. The Morgan fingerprint density at radius 3 is 2.22 bits per heavy atom. The normalized spacial score (nSPS) is 23.6. The average Bonchev–Trinajstić information content (AvgIpc) is 3.19. The van der Waals surface area contributed by atoms with Gasteiger partial charge in [-0.2, -0.15) is 18.3 Å². The van der Waals surface area contributed by atoms with E-state index in [0.717, 1.165) is 35.9 Å². The molecule has 3 aromatic rings. The van der Waals surface area contributed by atoms with Crippen LogP contribution in [0.3, 0.4) is 0 Å². The molecule has 6 atom stereocenters. The predicted octanol–water partition coefficient (Wildman–Crippen LogP) is 4.34. The Bertz CT molecular complexity index is 1690. The molecule has 0 radical (unpaired) electrons. The highest BCUT2D eigenvalue weighted by atomic mass is 31.2. The molecule has 0 spiro atoms. The summed E-state index contributed by atoms with van der Waals surface area (Å²) in [4.78, 5) is 38.1. The summed E-state index contributed by atoms with van der Waals surface area (Å²) in [6.07, 6.45) is -9.12. The number of halogens is 4. The number of nitrogens with zero attached hydrogens (tertiary/aromatic N) is 1. The van der Waals surface area contributed by atoms with Crippen molar-refractivity contribution >= 4 is 13.7 Å². The van der Waals surface area contributed by atoms with Crippen molar-refractivity contribution in [2.24, 2.45) is 0 Å². The smallest absolute Gasteiger partial charge is 0.459 e. The maximum Gasteiger partial charge on any atom is 0.459 e. The van der Waals surface area contributed by atoms with Gasteiger partial charge in [0.1, 0.15) is 24.0 Å². The lowest BCUT2D eigenvalue weighted by atomic mass is 9.98. The first kappa shape index (κ1) is 35.0. The van der Waals surface area contributed by atoms with Gasteiger partial charge in [0.25, 0.3) is 5.56 Å². The molecule has 1 aromatic heterocycles. The second-order valence-electron chi connectivity index (χ2n) is 11.0. The van der Waals surface area contributed by atoms with Gasteiger partial charge in [0.15, 0.2) is 11.9 Å². The number of aromatic nitrogens is 2. The zero-order valence-electron chi connectivity index (χ0n) is 25.0. The van der Waals surface area contributed by atoms with E-state index >= 15 is 4.39 Å². The van der Waals surface area contributed by atoms with Crippen LogP contribution in [-0.4, -0.2) is 57.3 Å². The molecular weight excluding hydrogens is 641 g/mol. The number of esters is 1. The Balaban J connectivity index is 1.54. The summed E-state index contributed by atoms with van der Waals surface area (Å²) in [5.41, 5.74) is -4.15. The molecule has 0 bridgehead atoms. The molecule has 0 aliphatic carbocycles. The maximum atomic E-state index is 15.6. The van der Waals surface area contributed by atoms with Gasteiger partial charge in [-0.1, -0.05) is 24.3 Å². The number of ether oxygens (including phenoxy) is 2. The minimum Gasteiger partial charge on any atom is -0.462 e. The summed E-state index contributed by atoms with van der Waals surface area (Å²) in [6.45, 7) is 4.75. The van der Waals surface area contributed by atoms with Crippen molar-refractivity contribution in [3.63, 3.8) is 0 Å². The first-order chi connectivity index (χ1) is 21.4. The van der Waals surface area contributed by atoms with Crippen LogP contribution in [0.2, 0.25) is 0 Å². The molecule has 12 nitrogen and oxygen atoms in total. The number of nitrogens with one attached hydrogen (secondary N) is 2. The van der Waals surface area contributed by atoms with Crippen molar-refractivity contribution in [3.05, 3.63) is 87.2 Å². The van der Waals surface area contributed by atoms with Crippen molar-refractivity contribution in [2.45, 2.75) is 70.1 Å². The molecule has 1 saturated heterocycles. The number of benzene rings is 2. The van der Waals surface area contributed by atoms with Crippen LogP contribution in [0.25, 0.3) is 11.1 Å². The third-order valence-corrected chi connectivity index (χ3v) is 8.56. The highest BCUT2D eigenvalue weighted by Gasteiger charge is 2.56. The monoisotopic (exact) mass is 673 g/mol. The van der Waals surface area contributed by atoms with Crippen molar-refractivity contribution in [2.75, 3.05) is 6.61 Å². The molecule has 0 saturated carbocycles. The second-order valence-corrected chi connectivity index (χ2v) is 12.7. The minimum absolute atomic E-state index is 0.0446. The summed E-state index contributed by atoms with van der Waals surface area (Å²) in [6, 6.07) is 9.86. The Morgan fingerprint density at radius 1 is 1.09 bits per heavy atom. The maximum absolute atomic E-state index is 15.6. The Morgan fingerprint density at radius 2 is 1.67 bits per heavy atom. The quantitative estimate of drug-likeness (QED) is 0.152. The molecule has 1 aliphatic rings. The molecular formula is C29H32F4N3O9P. The SMILES string of the molecule is CC(C)OC(=O)C(C)NP(=O)(OCC1OC(n2ccc(=O)[nH]c2=O)C(C)(F)C1O)Oc1ccc(-c2ccc(C(F)(F)F)cc2)cc1. The third kappa shape index (κ3) is 8.12. The number of aliphatic hydroxyl groups is 1. The fraction of sp³-hybridized carbons (Fsp3) is 0.414. The van der Waals surface area contributed by atoms with E-state index in [1.807, 2.05) is 4.98 Å². The molecule has 3 N–H and O–H groups in total. The molecule has 2 heterocycles. The number of hydrogen-bond donors (Lipinski definition) is 3. The van der Waals surface area contributed by atoms with E-state index in [1.165, 1.54) is 43.3 Å². The highest BCUT2D eigenvalue weighted by molar-refractivity contribution is 7.52. The number of rotatable bonds is 11. The van der Waals surface area contributed by atoms with E-state index in [1.54, 1.807) is 13.8 Å². The van der Waals surface area contributed by atoms with Crippen LogP contribution >= 0.6 is 7.75 Å². The molecule has 46 heavy (non-hydrogen) atoms. The van der Waals surface area contributed by atoms with Gasteiger partial charge < -0.3 is 19.1 Å². The van der Waals surface area contributed by atoms with E-state index in [2.05, 4.69) is 5.09 Å². The van der Waals surface area contributed by atoms with Crippen LogP contribution < -0.4 is 20.9 Å². The number of carbonyl (C=O) groups is 1. The summed E-state index contributed by atoms with van der Waals surface area (Å²) in [7, 11) is -4.54. The molecule has 1 aliphatic heterocycles. The fourth-order valence-electron chi connectivity index (χ4n) is 4.55. The van der Waals surface area contributed by atoms with Crippen LogP contribution in [0.15, 0.2) is 70.4 Å². The van der Waals surface area contributed by atoms with Crippen LogP contribution in [0.5, 0.6) is 5.75 Å². The fourth-order valence-corrected chi connectivity index (χ4v) is 6.05. The van der Waals surface area contributed by atoms with Gasteiger partial charge in [-0.25, -0.2) is 13.8 Å². The molecule has 4 rings (SSSR count). The van der Waals surface area contributed by atoms with E-state index in [4.69, 9.17) is 18.5 Å². The number of aromatic amines is 1. The first-order valence-electron chi connectivity index (χ1n) is 13.9. The summed E-state index contributed by atoms with van der Waals surface area (Å²) in [5, 5.41) is 13.1. The Hall–Kier alpha value is -3.82. The average molecular weight is 674 g/mol. The molecule has 17 heteroatoms. The number of carbonyl (C=O) groups excluding carboxylic acids is 1. The van der Waals surface area contributed by atoms with E-state index < -0.39 is 79.6 Å². The largest absolute Gasteiger partial charge is 0.462 e. The van der Waals surface area contributed by atoms with Gasteiger partial charge in [0, 0.05) is 12.3 Å². The van der Waals surface area contributed by atoms with E-state index in [9.17, 15) is 37.2 Å². The lowest BCUT2D eigenvalue weighted by Gasteiger charge is -2.25. The lowest BCUT2D eigenvalue weighted by Crippen LogP contribution is -2.43. The molecule has 0 amide bonds. The third-order valence-electron chi connectivity index (χ3n) is 6.91. The standard InChI is InChI=1S/C29H32F4N3O9P/c1-16(2)43-25(39)17(3)35-46(41,45-21-11-7-19(8-12-21)18-5-9-20(10-6-18)29(31,32)33)42-15-22-24(38)28(4,30)26(44-22)36-14-13-23(37)34-27(36)40/h5-14,16-17,22,24,26,38H,15H2,1-4H3,(H,35,41)(H,34,37,40). The number of aliphatic hydroxyl groups excluding tert-OH is 1. The topological polar surface area (TPSA) is 158 Å². The van der Waals surface area contributed by atoms with Crippen LogP contribution in [0.4, 0.5) is 17.6 Å². The molecule has 1 fully saturated rings. The summed E-state index contributed by atoms with van der Waals surface area (Å²) < 4.78 is 90.9. The predicted molar refractivity (Wildman–Crippen MR) is 156 cm³/mol. The van der Waals surface area contributed by atoms with Gasteiger partial charge in [-0.05, 0) is 63.1 Å². The Labute approximate surface area is 259 Å². The van der Waals surface area contributed by atoms with E-state index in [-0.39, 0.29) is 5.75 Å². The van der Waals surface area contributed by atoms with Crippen molar-refractivity contribution in [1.29, 1.82) is 0 Å². The number of hydrogen-bond acceptors (Lipinski definition) is 9. The lowest BCUT2D eigenvalue weighted by molar-refractivity contribution is -0.149. The second kappa shape index (κ2) is 13.5. The zero-order chi connectivity index (χ0) is 34.0. The number of alkyl halides is 4. The number of H-pyrrole nitrogens is 1. The summed E-state index contributed by atoms with van der Waals surface area (Å²) >= 11 is 0. The van der Waals surface area contributed by atoms with Crippen LogP contribution in [-0.2, 0) is 29.5 Å². The minimum atomic E-state index is -4.54. The van der Waals surface area contributed by atoms with Gasteiger partial charge in [-0.15, -0.1) is 0 Å². The Kier molecular flexibility index (Phi) is 10.3. The highest BCUT2D eigenvalue weighted by Crippen LogP contribution is 2.48. The van der Waals surface area contributed by atoms with E-state index in [0.29, 0.717) is 11.1 Å². The van der Waals surface area contributed by atoms with Crippen molar-refractivity contribution < 1.29 is 50.5 Å². The molecule has 6 unspecified atom stereocenters. The summed E-state index contributed by atoms with van der Waals surface area (Å²) in [5.74, 6) is -0.845. The first-order valence-corrected chi connectivity index (χ1v) is 15.5. The molecule has 2 aromatic carbocycles. The van der Waals surface area contributed by atoms with Crippen LogP contribution in [0, 0.1) is 0 Å². The van der Waals surface area contributed by atoms with Gasteiger partial charge in [-0.3, -0.25) is 23.7 Å². The van der Waals surface area contributed by atoms with Crippen molar-refractivity contribution in [1.82, 2.24) is 14.6 Å². The molecule has 250 valence electrons. The van der Waals surface area contributed by atoms with Gasteiger partial charge >= 0.3 is 25.6 Å². The van der Waals surface area contributed by atoms with Gasteiger partial charge in [0.05, 0.1) is 18.3 Å². The van der Waals surface area contributed by atoms with Gasteiger partial charge in [0.2, 0.25) is 0 Å². The van der Waals surface area contributed by atoms with Crippen LogP contribution in [0.1, 0.15) is 39.5 Å². The van der Waals surface area contributed by atoms with Crippen molar-refractivity contribution in [3.8, 4) is 16.9 Å².